The van der Waals surface area contributed by atoms with Gasteiger partial charge in [0.2, 0.25) is 12.2 Å². The van der Waals surface area contributed by atoms with Gasteiger partial charge in [-0.25, -0.2) is 9.59 Å². The van der Waals surface area contributed by atoms with Gasteiger partial charge in [0.25, 0.3) is 0 Å². The van der Waals surface area contributed by atoms with E-state index in [4.69, 9.17) is 0 Å². The minimum Gasteiger partial charge on any atom is -0.211 e. The van der Waals surface area contributed by atoms with Crippen LogP contribution in [-0.4, -0.2) is 12.2 Å². The lowest BCUT2D eigenvalue weighted by atomic mass is 10.0. The first-order chi connectivity index (χ1) is 9.72. The highest BCUT2D eigenvalue weighted by Gasteiger charge is 2.04. The summed E-state index contributed by atoms with van der Waals surface area (Å²) in [7, 11) is 0. The molecule has 2 aromatic rings. The number of aliphatic imine (C=N–C) groups is 2. The molecule has 0 spiro atoms. The predicted molar refractivity (Wildman–Crippen MR) is 76.0 cm³/mol. The Morgan fingerprint density at radius 2 is 1.45 bits per heavy atom. The molecule has 0 aliphatic heterocycles. The number of benzene rings is 2. The third kappa shape index (κ3) is 3.36. The second-order valence-corrected chi connectivity index (χ2v) is 4.39. The maximum atomic E-state index is 10.4. The van der Waals surface area contributed by atoms with Gasteiger partial charge in [-0.3, -0.25) is 0 Å². The largest absolute Gasteiger partial charge is 0.240 e. The van der Waals surface area contributed by atoms with Crippen LogP contribution in [-0.2, 0) is 16.0 Å². The van der Waals surface area contributed by atoms with E-state index in [1.807, 2.05) is 25.1 Å². The van der Waals surface area contributed by atoms with Crippen LogP contribution in [0, 0.1) is 6.92 Å². The summed E-state index contributed by atoms with van der Waals surface area (Å²) in [6.07, 6.45) is 3.62. The summed E-state index contributed by atoms with van der Waals surface area (Å²) in [4.78, 5) is 27.8. The van der Waals surface area contributed by atoms with Gasteiger partial charge in [-0.05, 0) is 36.6 Å². The summed E-state index contributed by atoms with van der Waals surface area (Å²) in [5.74, 6) is 0. The Hall–Kier alpha value is -2.80. The lowest BCUT2D eigenvalue weighted by Gasteiger charge is -2.04. The molecule has 0 atom stereocenters. The zero-order valence-electron chi connectivity index (χ0n) is 11.0. The molecule has 0 heterocycles. The van der Waals surface area contributed by atoms with Crippen LogP contribution in [0.15, 0.2) is 52.4 Å². The lowest BCUT2D eigenvalue weighted by Crippen LogP contribution is -1.88. The molecule has 4 nitrogen and oxygen atoms in total. The molecule has 0 bridgehead atoms. The van der Waals surface area contributed by atoms with Gasteiger partial charge in [0, 0.05) is 0 Å². The van der Waals surface area contributed by atoms with Crippen LogP contribution in [0.3, 0.4) is 0 Å². The van der Waals surface area contributed by atoms with Crippen molar-refractivity contribution in [2.75, 3.05) is 0 Å². The molecule has 98 valence electrons. The minimum atomic E-state index is 0.316. The maximum absolute atomic E-state index is 10.4. The molecular formula is C16H12N2O2. The summed E-state index contributed by atoms with van der Waals surface area (Å²) < 4.78 is 0. The monoisotopic (exact) mass is 264 g/mol. The first-order valence-corrected chi connectivity index (χ1v) is 6.07. The van der Waals surface area contributed by atoms with Crippen molar-refractivity contribution in [3.63, 3.8) is 0 Å². The second kappa shape index (κ2) is 6.39. The van der Waals surface area contributed by atoms with Crippen molar-refractivity contribution in [2.24, 2.45) is 9.98 Å². The van der Waals surface area contributed by atoms with Crippen LogP contribution < -0.4 is 0 Å². The minimum absolute atomic E-state index is 0.316. The number of hydrogen-bond acceptors (Lipinski definition) is 4. The molecule has 2 rings (SSSR count). The van der Waals surface area contributed by atoms with Gasteiger partial charge >= 0.3 is 0 Å². The molecule has 0 unspecified atom stereocenters. The standard InChI is InChI=1S/C16H12N2O2/c1-12-2-4-13(5-3-12)8-14-6-7-15(17-10-19)16(9-14)18-11-20/h2-7,9H,8H2,1H3. The fourth-order valence-corrected chi connectivity index (χ4v) is 1.90. The number of rotatable bonds is 4. The molecule has 0 aromatic heterocycles. The SMILES string of the molecule is Cc1ccc(Cc2ccc(N=C=O)c(N=C=O)c2)cc1. The van der Waals surface area contributed by atoms with Crippen molar-refractivity contribution < 1.29 is 9.59 Å². The lowest BCUT2D eigenvalue weighted by molar-refractivity contribution is 0.564. The Kier molecular flexibility index (Phi) is 4.35. The van der Waals surface area contributed by atoms with E-state index in [2.05, 4.69) is 22.1 Å². The van der Waals surface area contributed by atoms with Crippen molar-refractivity contribution in [1.29, 1.82) is 0 Å². The Morgan fingerprint density at radius 3 is 2.10 bits per heavy atom. The van der Waals surface area contributed by atoms with Crippen molar-refractivity contribution in [2.45, 2.75) is 13.3 Å². The summed E-state index contributed by atoms with van der Waals surface area (Å²) >= 11 is 0. The molecule has 2 aromatic carbocycles. The first-order valence-electron chi connectivity index (χ1n) is 6.07. The molecule has 0 amide bonds. The van der Waals surface area contributed by atoms with Gasteiger partial charge in [0.15, 0.2) is 0 Å². The summed E-state index contributed by atoms with van der Waals surface area (Å²) in [5, 5.41) is 0. The van der Waals surface area contributed by atoms with Crippen LogP contribution in [0.1, 0.15) is 16.7 Å². The topological polar surface area (TPSA) is 58.9 Å². The van der Waals surface area contributed by atoms with E-state index in [1.165, 1.54) is 17.7 Å². The summed E-state index contributed by atoms with van der Waals surface area (Å²) in [6.45, 7) is 2.03. The van der Waals surface area contributed by atoms with Gasteiger partial charge in [-0.1, -0.05) is 35.9 Å². The van der Waals surface area contributed by atoms with E-state index >= 15 is 0 Å². The van der Waals surface area contributed by atoms with Crippen LogP contribution in [0.2, 0.25) is 0 Å². The Bertz CT molecular complexity index is 708. The molecule has 4 heteroatoms. The highest BCUT2D eigenvalue weighted by atomic mass is 16.1. The fourth-order valence-electron chi connectivity index (χ4n) is 1.90. The molecule has 0 saturated carbocycles. The molecule has 0 N–H and O–H groups in total. The molecule has 0 aliphatic rings. The van der Waals surface area contributed by atoms with Crippen LogP contribution in [0.25, 0.3) is 0 Å². The van der Waals surface area contributed by atoms with E-state index in [9.17, 15) is 9.59 Å². The molecule has 0 fully saturated rings. The quantitative estimate of drug-likeness (QED) is 0.626. The molecular weight excluding hydrogens is 252 g/mol. The smallest absolute Gasteiger partial charge is 0.211 e. The van der Waals surface area contributed by atoms with Gasteiger partial charge in [-0.2, -0.15) is 9.98 Å². The number of nitrogens with zero attached hydrogens (tertiary/aromatic N) is 2. The van der Waals surface area contributed by atoms with Gasteiger partial charge in [-0.15, -0.1) is 0 Å². The third-order valence-corrected chi connectivity index (χ3v) is 2.90. The number of carbonyl (C=O) groups excluding carboxylic acids is 2. The number of isocyanates is 2. The zero-order chi connectivity index (χ0) is 14.4. The highest BCUT2D eigenvalue weighted by Crippen LogP contribution is 2.29. The van der Waals surface area contributed by atoms with Crippen molar-refractivity contribution >= 4 is 23.5 Å². The second-order valence-electron chi connectivity index (χ2n) is 4.39. The van der Waals surface area contributed by atoms with E-state index in [-0.39, 0.29) is 0 Å². The molecule has 0 saturated heterocycles. The van der Waals surface area contributed by atoms with E-state index in [0.29, 0.717) is 17.8 Å². The number of hydrogen-bond donors (Lipinski definition) is 0. The predicted octanol–water partition coefficient (Wildman–Crippen LogP) is 3.52. The summed E-state index contributed by atoms with van der Waals surface area (Å²) in [5.41, 5.74) is 3.98. The first kappa shape index (κ1) is 13.6. The van der Waals surface area contributed by atoms with Crippen molar-refractivity contribution in [3.8, 4) is 0 Å². The van der Waals surface area contributed by atoms with Crippen LogP contribution >= 0.6 is 0 Å². The Morgan fingerprint density at radius 1 is 0.850 bits per heavy atom. The summed E-state index contributed by atoms with van der Waals surface area (Å²) in [6, 6.07) is 13.4. The normalized spacial score (nSPS) is 9.45. The van der Waals surface area contributed by atoms with Crippen molar-refractivity contribution in [3.05, 3.63) is 59.2 Å². The average Bonchev–Trinajstić information content (AvgIpc) is 2.45. The van der Waals surface area contributed by atoms with Gasteiger partial charge < -0.3 is 0 Å². The Labute approximate surface area is 116 Å². The maximum Gasteiger partial charge on any atom is 0.240 e. The molecule has 0 aliphatic carbocycles. The average molecular weight is 264 g/mol. The van der Waals surface area contributed by atoms with Crippen LogP contribution in [0.4, 0.5) is 11.4 Å². The fraction of sp³-hybridized carbons (Fsp3) is 0.125. The molecule has 0 radical (unpaired) electrons. The van der Waals surface area contributed by atoms with Crippen LogP contribution in [0.5, 0.6) is 0 Å². The zero-order valence-corrected chi connectivity index (χ0v) is 11.0. The Balaban J connectivity index is 2.33. The molecule has 20 heavy (non-hydrogen) atoms. The number of aryl methyl sites for hydroxylation is 1. The van der Waals surface area contributed by atoms with Crippen molar-refractivity contribution in [1.82, 2.24) is 0 Å². The van der Waals surface area contributed by atoms with Gasteiger partial charge in [0.05, 0.1) is 0 Å². The highest BCUT2D eigenvalue weighted by molar-refractivity contribution is 5.69. The van der Waals surface area contributed by atoms with E-state index in [1.54, 1.807) is 12.1 Å². The van der Waals surface area contributed by atoms with Gasteiger partial charge in [0.1, 0.15) is 11.4 Å². The third-order valence-electron chi connectivity index (χ3n) is 2.90. The van der Waals surface area contributed by atoms with E-state index < -0.39 is 0 Å². The van der Waals surface area contributed by atoms with E-state index in [0.717, 1.165) is 11.1 Å².